The van der Waals surface area contributed by atoms with E-state index in [9.17, 15) is 19.2 Å². The van der Waals surface area contributed by atoms with Crippen molar-refractivity contribution in [2.75, 3.05) is 0 Å². The molecule has 0 radical (unpaired) electrons. The molecule has 2 heterocycles. The number of hydrogen-bond acceptors (Lipinski definition) is 6. The number of hydrogen-bond donors (Lipinski definition) is 0. The Morgan fingerprint density at radius 1 is 0.542 bits per heavy atom. The lowest BCUT2D eigenvalue weighted by Crippen LogP contribution is -2.21. The lowest BCUT2D eigenvalue weighted by molar-refractivity contribution is -0.156. The number of esters is 4. The van der Waals surface area contributed by atoms with Crippen molar-refractivity contribution in [3.8, 4) is 0 Å². The van der Waals surface area contributed by atoms with Crippen LogP contribution in [0.3, 0.4) is 0 Å². The molecule has 2 saturated heterocycles. The van der Waals surface area contributed by atoms with Gasteiger partial charge >= 0.3 is 23.9 Å². The van der Waals surface area contributed by atoms with Crippen molar-refractivity contribution in [3.63, 3.8) is 0 Å². The number of carbonyl (C=O) groups excluding carboxylic acids is 4. The molecule has 0 spiro atoms. The molecule has 4 aliphatic carbocycles. The van der Waals surface area contributed by atoms with Gasteiger partial charge in [-0.15, -0.1) is 0 Å². The predicted molar refractivity (Wildman–Crippen MR) is 77.6 cm³/mol. The SMILES string of the molecule is O=C1OC(=O)C2C3C=CC(C3)C12.O=C1OC(=O)C2C3C=CC(C3)C12. The summed E-state index contributed by atoms with van der Waals surface area (Å²) < 4.78 is 9.18. The minimum absolute atomic E-state index is 0.146. The summed E-state index contributed by atoms with van der Waals surface area (Å²) in [6.45, 7) is 0. The zero-order valence-corrected chi connectivity index (χ0v) is 12.8. The summed E-state index contributed by atoms with van der Waals surface area (Å²) in [6.07, 6.45) is 10.1. The van der Waals surface area contributed by atoms with E-state index in [1.807, 2.05) is 24.3 Å². The Kier molecular flexibility index (Phi) is 2.74. The topological polar surface area (TPSA) is 86.7 Å². The largest absolute Gasteiger partial charge is 0.393 e. The standard InChI is InChI=1S/2C9H8O3/c2*10-8-6-4-1-2-5(3-4)7(6)9(11)12-8/h2*1-2,4-7H,3H2. The molecule has 2 saturated carbocycles. The van der Waals surface area contributed by atoms with Crippen LogP contribution < -0.4 is 0 Å². The zero-order valence-electron chi connectivity index (χ0n) is 12.8. The van der Waals surface area contributed by atoms with Crippen molar-refractivity contribution in [3.05, 3.63) is 24.3 Å². The maximum atomic E-state index is 11.2. The van der Waals surface area contributed by atoms with E-state index in [2.05, 4.69) is 9.47 Å². The average Bonchev–Trinajstić information content (AvgIpc) is 3.34. The Morgan fingerprint density at radius 3 is 1.04 bits per heavy atom. The summed E-state index contributed by atoms with van der Waals surface area (Å²) in [5.74, 6) is -0.691. The number of ether oxygens (including phenoxy) is 2. The molecular formula is C18H16O6. The summed E-state index contributed by atoms with van der Waals surface area (Å²) >= 11 is 0. The fourth-order valence-corrected chi connectivity index (χ4v) is 5.40. The summed E-state index contributed by atoms with van der Waals surface area (Å²) in [4.78, 5) is 44.7. The van der Waals surface area contributed by atoms with Crippen molar-refractivity contribution in [1.29, 1.82) is 0 Å². The van der Waals surface area contributed by atoms with E-state index in [0.717, 1.165) is 12.8 Å². The minimum Gasteiger partial charge on any atom is -0.393 e. The first kappa shape index (κ1) is 14.1. The first-order chi connectivity index (χ1) is 11.5. The Bertz CT molecular complexity index is 616. The molecule has 4 bridgehead atoms. The van der Waals surface area contributed by atoms with Crippen LogP contribution in [0.25, 0.3) is 0 Å². The van der Waals surface area contributed by atoms with Crippen LogP contribution in [0.15, 0.2) is 24.3 Å². The number of allylic oxidation sites excluding steroid dienone is 4. The molecule has 0 aromatic carbocycles. The molecule has 8 atom stereocenters. The molecule has 4 fully saturated rings. The highest BCUT2D eigenvalue weighted by Crippen LogP contribution is 2.52. The van der Waals surface area contributed by atoms with E-state index in [-0.39, 0.29) is 71.2 Å². The van der Waals surface area contributed by atoms with E-state index in [1.54, 1.807) is 0 Å². The molecule has 24 heavy (non-hydrogen) atoms. The maximum absolute atomic E-state index is 11.2. The number of cyclic esters (lactones) is 4. The Hall–Kier alpha value is -2.24. The summed E-state index contributed by atoms with van der Waals surface area (Å²) in [5, 5.41) is 0. The third kappa shape index (κ3) is 1.71. The molecule has 8 unspecified atom stereocenters. The highest BCUT2D eigenvalue weighted by atomic mass is 16.6. The zero-order chi connectivity index (χ0) is 16.6. The van der Waals surface area contributed by atoms with Crippen molar-refractivity contribution in [1.82, 2.24) is 0 Å². The Labute approximate surface area is 137 Å². The van der Waals surface area contributed by atoms with Crippen molar-refractivity contribution in [2.24, 2.45) is 47.3 Å². The minimum atomic E-state index is -0.304. The van der Waals surface area contributed by atoms with Gasteiger partial charge in [-0.05, 0) is 36.5 Å². The van der Waals surface area contributed by atoms with Crippen molar-refractivity contribution >= 4 is 23.9 Å². The second-order valence-corrected chi connectivity index (χ2v) is 7.48. The second-order valence-electron chi connectivity index (χ2n) is 7.48. The molecule has 6 aliphatic rings. The first-order valence-corrected chi connectivity index (χ1v) is 8.42. The fourth-order valence-electron chi connectivity index (χ4n) is 5.40. The van der Waals surface area contributed by atoms with Crippen LogP contribution in [0.4, 0.5) is 0 Å². The maximum Gasteiger partial charge on any atom is 0.318 e. The molecule has 0 aromatic heterocycles. The van der Waals surface area contributed by atoms with E-state index >= 15 is 0 Å². The van der Waals surface area contributed by atoms with Gasteiger partial charge in [0.15, 0.2) is 0 Å². The van der Waals surface area contributed by atoms with Gasteiger partial charge in [0.25, 0.3) is 0 Å². The Balaban J connectivity index is 0.000000109. The first-order valence-electron chi connectivity index (χ1n) is 8.42. The van der Waals surface area contributed by atoms with Gasteiger partial charge in [0.1, 0.15) is 0 Å². The highest BCUT2D eigenvalue weighted by Gasteiger charge is 2.58. The van der Waals surface area contributed by atoms with Crippen LogP contribution in [0.5, 0.6) is 0 Å². The average molecular weight is 328 g/mol. The number of fused-ring (bicyclic) bond motifs is 10. The van der Waals surface area contributed by atoms with Gasteiger partial charge in [0, 0.05) is 0 Å². The van der Waals surface area contributed by atoms with Gasteiger partial charge in [0.05, 0.1) is 23.7 Å². The second kappa shape index (κ2) is 4.65. The molecule has 124 valence electrons. The van der Waals surface area contributed by atoms with Crippen LogP contribution in [-0.2, 0) is 28.7 Å². The number of carbonyl (C=O) groups is 4. The predicted octanol–water partition coefficient (Wildman–Crippen LogP) is 1.02. The lowest BCUT2D eigenvalue weighted by atomic mass is 9.85. The lowest BCUT2D eigenvalue weighted by Gasteiger charge is -2.12. The van der Waals surface area contributed by atoms with E-state index in [0.29, 0.717) is 0 Å². The smallest absolute Gasteiger partial charge is 0.318 e. The van der Waals surface area contributed by atoms with Gasteiger partial charge in [0.2, 0.25) is 0 Å². The van der Waals surface area contributed by atoms with Crippen LogP contribution >= 0.6 is 0 Å². The molecule has 0 amide bonds. The Morgan fingerprint density at radius 2 is 0.792 bits per heavy atom. The van der Waals surface area contributed by atoms with Gasteiger partial charge in [-0.1, -0.05) is 24.3 Å². The summed E-state index contributed by atoms with van der Waals surface area (Å²) in [6, 6.07) is 0. The summed E-state index contributed by atoms with van der Waals surface area (Å²) in [7, 11) is 0. The van der Waals surface area contributed by atoms with Crippen LogP contribution in [0.2, 0.25) is 0 Å². The molecule has 0 N–H and O–H groups in total. The highest BCUT2D eigenvalue weighted by molar-refractivity contribution is 5.98. The van der Waals surface area contributed by atoms with Crippen molar-refractivity contribution in [2.45, 2.75) is 12.8 Å². The molecule has 2 aliphatic heterocycles. The quantitative estimate of drug-likeness (QED) is 0.375. The van der Waals surface area contributed by atoms with Gasteiger partial charge in [-0.3, -0.25) is 19.2 Å². The van der Waals surface area contributed by atoms with Crippen LogP contribution in [0.1, 0.15) is 12.8 Å². The van der Waals surface area contributed by atoms with Crippen LogP contribution in [0, 0.1) is 47.3 Å². The molecule has 6 nitrogen and oxygen atoms in total. The molecule has 6 heteroatoms. The van der Waals surface area contributed by atoms with Gasteiger partial charge in [-0.25, -0.2) is 0 Å². The molecule has 6 rings (SSSR count). The third-order valence-corrected chi connectivity index (χ3v) is 6.41. The van der Waals surface area contributed by atoms with E-state index < -0.39 is 0 Å². The monoisotopic (exact) mass is 328 g/mol. The van der Waals surface area contributed by atoms with Crippen LogP contribution in [-0.4, -0.2) is 23.9 Å². The van der Waals surface area contributed by atoms with E-state index in [1.165, 1.54) is 0 Å². The molecular weight excluding hydrogens is 312 g/mol. The van der Waals surface area contributed by atoms with Crippen molar-refractivity contribution < 1.29 is 28.7 Å². The van der Waals surface area contributed by atoms with Gasteiger partial charge < -0.3 is 9.47 Å². The number of rotatable bonds is 0. The molecule has 0 aromatic rings. The fraction of sp³-hybridized carbons (Fsp3) is 0.556. The van der Waals surface area contributed by atoms with E-state index in [4.69, 9.17) is 0 Å². The van der Waals surface area contributed by atoms with Gasteiger partial charge in [-0.2, -0.15) is 0 Å². The third-order valence-electron chi connectivity index (χ3n) is 6.41. The summed E-state index contributed by atoms with van der Waals surface area (Å²) in [5.41, 5.74) is 0. The normalized spacial score (nSPS) is 48.3.